The molecule has 2 unspecified atom stereocenters. The Morgan fingerprint density at radius 3 is 2.56 bits per heavy atom. The monoisotopic (exact) mass is 226 g/mol. The van der Waals surface area contributed by atoms with E-state index in [1.807, 2.05) is 0 Å². The quantitative estimate of drug-likeness (QED) is 0.676. The van der Waals surface area contributed by atoms with Crippen LogP contribution in [0, 0.1) is 5.92 Å². The van der Waals surface area contributed by atoms with Gasteiger partial charge in [0.05, 0.1) is 0 Å². The molecule has 0 spiro atoms. The van der Waals surface area contributed by atoms with E-state index in [1.54, 1.807) is 0 Å². The first kappa shape index (κ1) is 14.0. The van der Waals surface area contributed by atoms with E-state index in [-0.39, 0.29) is 5.54 Å². The molecule has 0 radical (unpaired) electrons. The van der Waals surface area contributed by atoms with Crippen LogP contribution in [0.4, 0.5) is 0 Å². The highest BCUT2D eigenvalue weighted by molar-refractivity contribution is 4.91. The van der Waals surface area contributed by atoms with Gasteiger partial charge >= 0.3 is 0 Å². The zero-order valence-electron chi connectivity index (χ0n) is 11.5. The fraction of sp³-hybridized carbons (Fsp3) is 1.00. The van der Waals surface area contributed by atoms with Gasteiger partial charge in [0.1, 0.15) is 0 Å². The Balaban J connectivity index is 2.36. The van der Waals surface area contributed by atoms with E-state index < -0.39 is 0 Å². The third-order valence-electron chi connectivity index (χ3n) is 4.20. The van der Waals surface area contributed by atoms with E-state index in [4.69, 9.17) is 5.73 Å². The van der Waals surface area contributed by atoms with Crippen LogP contribution in [0.15, 0.2) is 0 Å². The van der Waals surface area contributed by atoms with Crippen molar-refractivity contribution in [2.75, 3.05) is 19.6 Å². The lowest BCUT2D eigenvalue weighted by molar-refractivity contribution is 0.124. The molecule has 2 heteroatoms. The summed E-state index contributed by atoms with van der Waals surface area (Å²) in [5.74, 6) is 0.863. The standard InChI is InChI=1S/C14H30N2/c1-4-5-6-7-9-14(3,12-15)16-10-8-13(2)11-16/h13H,4-12,15H2,1-3H3. The molecule has 1 heterocycles. The summed E-state index contributed by atoms with van der Waals surface area (Å²) in [6.45, 7) is 10.3. The van der Waals surface area contributed by atoms with Crippen LogP contribution >= 0.6 is 0 Å². The molecule has 2 N–H and O–H groups in total. The summed E-state index contributed by atoms with van der Waals surface area (Å²) in [4.78, 5) is 2.63. The molecule has 0 aromatic carbocycles. The first-order chi connectivity index (χ1) is 7.62. The van der Waals surface area contributed by atoms with Crippen LogP contribution in [0.2, 0.25) is 0 Å². The van der Waals surface area contributed by atoms with Gasteiger partial charge in [0.25, 0.3) is 0 Å². The van der Waals surface area contributed by atoms with Crippen molar-refractivity contribution in [2.45, 2.75) is 64.8 Å². The minimum absolute atomic E-state index is 0.262. The van der Waals surface area contributed by atoms with Crippen LogP contribution < -0.4 is 5.73 Å². The van der Waals surface area contributed by atoms with Gasteiger partial charge in [-0.3, -0.25) is 4.90 Å². The maximum atomic E-state index is 6.01. The molecule has 1 aliphatic rings. The second kappa shape index (κ2) is 6.61. The van der Waals surface area contributed by atoms with Gasteiger partial charge in [-0.15, -0.1) is 0 Å². The van der Waals surface area contributed by atoms with E-state index in [1.165, 1.54) is 51.6 Å². The van der Waals surface area contributed by atoms with Crippen molar-refractivity contribution in [3.63, 3.8) is 0 Å². The Morgan fingerprint density at radius 2 is 2.06 bits per heavy atom. The summed E-state index contributed by atoms with van der Waals surface area (Å²) in [5.41, 5.74) is 6.27. The average Bonchev–Trinajstić information content (AvgIpc) is 2.71. The fourth-order valence-electron chi connectivity index (χ4n) is 2.75. The number of hydrogen-bond donors (Lipinski definition) is 1. The molecule has 0 aromatic heterocycles. The number of nitrogens with two attached hydrogens (primary N) is 1. The fourth-order valence-corrected chi connectivity index (χ4v) is 2.75. The van der Waals surface area contributed by atoms with Gasteiger partial charge < -0.3 is 5.73 Å². The van der Waals surface area contributed by atoms with Crippen LogP contribution in [-0.2, 0) is 0 Å². The lowest BCUT2D eigenvalue weighted by Crippen LogP contribution is -2.50. The number of likely N-dealkylation sites (tertiary alicyclic amines) is 1. The molecule has 0 amide bonds. The highest BCUT2D eigenvalue weighted by atomic mass is 15.2. The maximum Gasteiger partial charge on any atom is 0.0303 e. The molecule has 1 fully saturated rings. The zero-order valence-corrected chi connectivity index (χ0v) is 11.5. The normalized spacial score (nSPS) is 25.9. The summed E-state index contributed by atoms with van der Waals surface area (Å²) in [6.07, 6.45) is 8.03. The highest BCUT2D eigenvalue weighted by Crippen LogP contribution is 2.28. The molecule has 1 saturated heterocycles. The van der Waals surface area contributed by atoms with Crippen LogP contribution in [0.1, 0.15) is 59.3 Å². The van der Waals surface area contributed by atoms with Crippen molar-refractivity contribution in [1.29, 1.82) is 0 Å². The van der Waals surface area contributed by atoms with E-state index in [0.29, 0.717) is 0 Å². The molecule has 1 rings (SSSR count). The number of unbranched alkanes of at least 4 members (excludes halogenated alkanes) is 3. The molecule has 2 nitrogen and oxygen atoms in total. The minimum Gasteiger partial charge on any atom is -0.329 e. The van der Waals surface area contributed by atoms with Crippen molar-refractivity contribution in [1.82, 2.24) is 4.90 Å². The molecular weight excluding hydrogens is 196 g/mol. The van der Waals surface area contributed by atoms with Gasteiger partial charge in [-0.2, -0.15) is 0 Å². The highest BCUT2D eigenvalue weighted by Gasteiger charge is 2.33. The molecule has 1 aliphatic heterocycles. The van der Waals surface area contributed by atoms with Gasteiger partial charge in [0.2, 0.25) is 0 Å². The van der Waals surface area contributed by atoms with Gasteiger partial charge in [-0.25, -0.2) is 0 Å². The summed E-state index contributed by atoms with van der Waals surface area (Å²) in [5, 5.41) is 0. The maximum absolute atomic E-state index is 6.01. The molecule has 16 heavy (non-hydrogen) atoms. The van der Waals surface area contributed by atoms with Crippen molar-refractivity contribution in [3.8, 4) is 0 Å². The van der Waals surface area contributed by atoms with E-state index in [0.717, 1.165) is 12.5 Å². The third kappa shape index (κ3) is 3.74. The van der Waals surface area contributed by atoms with Crippen molar-refractivity contribution in [3.05, 3.63) is 0 Å². The summed E-state index contributed by atoms with van der Waals surface area (Å²) >= 11 is 0. The Bertz CT molecular complexity index is 193. The molecule has 0 saturated carbocycles. The molecule has 0 bridgehead atoms. The third-order valence-corrected chi connectivity index (χ3v) is 4.20. The van der Waals surface area contributed by atoms with E-state index in [9.17, 15) is 0 Å². The van der Waals surface area contributed by atoms with Crippen molar-refractivity contribution < 1.29 is 0 Å². The van der Waals surface area contributed by atoms with Crippen molar-refractivity contribution >= 4 is 0 Å². The lowest BCUT2D eigenvalue weighted by atomic mass is 9.92. The predicted molar refractivity (Wildman–Crippen MR) is 71.6 cm³/mol. The lowest BCUT2D eigenvalue weighted by Gasteiger charge is -2.38. The Morgan fingerprint density at radius 1 is 1.31 bits per heavy atom. The number of rotatable bonds is 7. The second-order valence-electron chi connectivity index (χ2n) is 5.85. The molecule has 0 aromatic rings. The summed E-state index contributed by atoms with van der Waals surface area (Å²) in [6, 6.07) is 0. The first-order valence-electron chi connectivity index (χ1n) is 7.07. The van der Waals surface area contributed by atoms with Crippen LogP contribution in [0.3, 0.4) is 0 Å². The van der Waals surface area contributed by atoms with Crippen LogP contribution in [-0.4, -0.2) is 30.1 Å². The molecule has 0 aliphatic carbocycles. The zero-order chi connectivity index (χ0) is 12.0. The van der Waals surface area contributed by atoms with Gasteiger partial charge in [0.15, 0.2) is 0 Å². The molecule has 2 atom stereocenters. The number of nitrogens with zero attached hydrogens (tertiary/aromatic N) is 1. The summed E-state index contributed by atoms with van der Waals surface area (Å²) in [7, 11) is 0. The largest absolute Gasteiger partial charge is 0.329 e. The topological polar surface area (TPSA) is 29.3 Å². The average molecular weight is 226 g/mol. The SMILES string of the molecule is CCCCCCC(C)(CN)N1CCC(C)C1. The van der Waals surface area contributed by atoms with Crippen LogP contribution in [0.25, 0.3) is 0 Å². The van der Waals surface area contributed by atoms with Crippen molar-refractivity contribution in [2.24, 2.45) is 11.7 Å². The second-order valence-corrected chi connectivity index (χ2v) is 5.85. The smallest absolute Gasteiger partial charge is 0.0303 e. The van der Waals surface area contributed by atoms with E-state index in [2.05, 4.69) is 25.7 Å². The van der Waals surface area contributed by atoms with Gasteiger partial charge in [0, 0.05) is 18.6 Å². The Hall–Kier alpha value is -0.0800. The predicted octanol–water partition coefficient (Wildman–Crippen LogP) is 3.02. The summed E-state index contributed by atoms with van der Waals surface area (Å²) < 4.78 is 0. The Kier molecular flexibility index (Phi) is 5.77. The van der Waals surface area contributed by atoms with Gasteiger partial charge in [-0.05, 0) is 32.2 Å². The van der Waals surface area contributed by atoms with E-state index >= 15 is 0 Å². The number of hydrogen-bond acceptors (Lipinski definition) is 2. The van der Waals surface area contributed by atoms with Crippen LogP contribution in [0.5, 0.6) is 0 Å². The Labute approximate surface area is 102 Å². The minimum atomic E-state index is 0.262. The van der Waals surface area contributed by atoms with Gasteiger partial charge in [-0.1, -0.05) is 39.5 Å². The molecule has 96 valence electrons. The first-order valence-corrected chi connectivity index (χ1v) is 7.07. The molecular formula is C14H30N2.